The van der Waals surface area contributed by atoms with Crippen LogP contribution < -0.4 is 11.1 Å². The average Bonchev–Trinajstić information content (AvgIpc) is 2.96. The molecule has 0 radical (unpaired) electrons. The lowest BCUT2D eigenvalue weighted by atomic mass is 9.95. The number of thioether (sulfide) groups is 1. The molecule has 3 nitrogen and oxygen atoms in total. The topological polar surface area (TPSA) is 55.1 Å². The summed E-state index contributed by atoms with van der Waals surface area (Å²) in [5.41, 5.74) is 4.96. The standard InChI is InChI=1S/C11H22N2OS/c1-3-15-8-4-7-11(2,10(12)14)13-9-5-6-9/h9,13H,3-8H2,1-2H3,(H2,12,14). The van der Waals surface area contributed by atoms with E-state index in [1.807, 2.05) is 18.7 Å². The van der Waals surface area contributed by atoms with Crippen molar-refractivity contribution < 1.29 is 4.79 Å². The summed E-state index contributed by atoms with van der Waals surface area (Å²) < 4.78 is 0. The van der Waals surface area contributed by atoms with Crippen LogP contribution in [0.5, 0.6) is 0 Å². The van der Waals surface area contributed by atoms with Gasteiger partial charge in [0.15, 0.2) is 0 Å². The third kappa shape index (κ3) is 4.43. The molecule has 1 amide bonds. The summed E-state index contributed by atoms with van der Waals surface area (Å²) in [7, 11) is 0. The molecule has 0 heterocycles. The molecule has 1 aliphatic rings. The van der Waals surface area contributed by atoms with E-state index in [-0.39, 0.29) is 5.91 Å². The molecule has 0 spiro atoms. The molecule has 4 heteroatoms. The normalized spacial score (nSPS) is 19.9. The number of carbonyl (C=O) groups is 1. The number of primary amides is 1. The molecule has 88 valence electrons. The van der Waals surface area contributed by atoms with E-state index >= 15 is 0 Å². The number of hydrogen-bond donors (Lipinski definition) is 2. The van der Waals surface area contributed by atoms with Crippen molar-refractivity contribution in [3.05, 3.63) is 0 Å². The molecular weight excluding hydrogens is 208 g/mol. The zero-order valence-electron chi connectivity index (χ0n) is 9.71. The number of hydrogen-bond acceptors (Lipinski definition) is 3. The highest BCUT2D eigenvalue weighted by Crippen LogP contribution is 2.25. The predicted molar refractivity (Wildman–Crippen MR) is 66.0 cm³/mol. The van der Waals surface area contributed by atoms with E-state index in [4.69, 9.17) is 5.73 Å². The molecule has 0 aromatic heterocycles. The lowest BCUT2D eigenvalue weighted by Crippen LogP contribution is -2.54. The second-order valence-electron chi connectivity index (χ2n) is 4.42. The third-order valence-electron chi connectivity index (χ3n) is 2.81. The molecule has 0 saturated heterocycles. The number of amides is 1. The minimum Gasteiger partial charge on any atom is -0.368 e. The van der Waals surface area contributed by atoms with E-state index in [0.717, 1.165) is 24.3 Å². The first-order valence-corrected chi connectivity index (χ1v) is 6.89. The zero-order chi connectivity index (χ0) is 11.3. The lowest BCUT2D eigenvalue weighted by Gasteiger charge is -2.27. The highest BCUT2D eigenvalue weighted by Gasteiger charge is 2.36. The van der Waals surface area contributed by atoms with Crippen LogP contribution in [-0.4, -0.2) is 29.0 Å². The molecule has 1 atom stereocenters. The minimum atomic E-state index is -0.491. The van der Waals surface area contributed by atoms with Crippen LogP contribution in [-0.2, 0) is 4.79 Å². The number of carbonyl (C=O) groups excluding carboxylic acids is 1. The highest BCUT2D eigenvalue weighted by molar-refractivity contribution is 7.99. The Kier molecular flexibility index (Phi) is 4.93. The van der Waals surface area contributed by atoms with Gasteiger partial charge < -0.3 is 11.1 Å². The van der Waals surface area contributed by atoms with Gasteiger partial charge in [0.05, 0.1) is 5.54 Å². The summed E-state index contributed by atoms with van der Waals surface area (Å²) >= 11 is 1.92. The third-order valence-corrected chi connectivity index (χ3v) is 3.80. The quantitative estimate of drug-likeness (QED) is 0.622. The van der Waals surface area contributed by atoms with Gasteiger partial charge in [-0.2, -0.15) is 11.8 Å². The fourth-order valence-electron chi connectivity index (χ4n) is 1.62. The van der Waals surface area contributed by atoms with Crippen LogP contribution in [0.4, 0.5) is 0 Å². The Balaban J connectivity index is 2.31. The molecular formula is C11H22N2OS. The first-order valence-electron chi connectivity index (χ1n) is 5.74. The van der Waals surface area contributed by atoms with Gasteiger partial charge in [0, 0.05) is 6.04 Å². The van der Waals surface area contributed by atoms with E-state index in [9.17, 15) is 4.79 Å². The fraction of sp³-hybridized carbons (Fsp3) is 0.909. The maximum absolute atomic E-state index is 11.4. The Morgan fingerprint density at radius 3 is 2.73 bits per heavy atom. The second kappa shape index (κ2) is 5.75. The van der Waals surface area contributed by atoms with Gasteiger partial charge in [0.1, 0.15) is 0 Å². The molecule has 1 saturated carbocycles. The van der Waals surface area contributed by atoms with Crippen molar-refractivity contribution in [1.82, 2.24) is 5.32 Å². The maximum atomic E-state index is 11.4. The van der Waals surface area contributed by atoms with Crippen molar-refractivity contribution in [3.63, 3.8) is 0 Å². The monoisotopic (exact) mass is 230 g/mol. The Labute approximate surface area is 96.6 Å². The molecule has 3 N–H and O–H groups in total. The van der Waals surface area contributed by atoms with Crippen molar-refractivity contribution in [3.8, 4) is 0 Å². The van der Waals surface area contributed by atoms with Crippen LogP contribution in [0.15, 0.2) is 0 Å². The molecule has 0 aromatic rings. The molecule has 1 rings (SSSR count). The maximum Gasteiger partial charge on any atom is 0.237 e. The first kappa shape index (κ1) is 12.8. The lowest BCUT2D eigenvalue weighted by molar-refractivity contribution is -0.124. The van der Waals surface area contributed by atoms with Gasteiger partial charge in [-0.15, -0.1) is 0 Å². The summed E-state index contributed by atoms with van der Waals surface area (Å²) in [4.78, 5) is 11.4. The van der Waals surface area contributed by atoms with Gasteiger partial charge in [0.25, 0.3) is 0 Å². The predicted octanol–water partition coefficient (Wildman–Crippen LogP) is 1.52. The average molecular weight is 230 g/mol. The van der Waals surface area contributed by atoms with Gasteiger partial charge >= 0.3 is 0 Å². The summed E-state index contributed by atoms with van der Waals surface area (Å²) in [5, 5.41) is 3.36. The minimum absolute atomic E-state index is 0.212. The van der Waals surface area contributed by atoms with Crippen LogP contribution in [0, 0.1) is 0 Å². The highest BCUT2D eigenvalue weighted by atomic mass is 32.2. The fourth-order valence-corrected chi connectivity index (χ4v) is 2.25. The van der Waals surface area contributed by atoms with Crippen molar-refractivity contribution in [2.24, 2.45) is 5.73 Å². The van der Waals surface area contributed by atoms with E-state index in [0.29, 0.717) is 6.04 Å². The smallest absolute Gasteiger partial charge is 0.237 e. The summed E-state index contributed by atoms with van der Waals surface area (Å²) in [6.45, 7) is 4.09. The molecule has 15 heavy (non-hydrogen) atoms. The Morgan fingerprint density at radius 1 is 1.60 bits per heavy atom. The Hall–Kier alpha value is -0.220. The molecule has 0 bridgehead atoms. The van der Waals surface area contributed by atoms with E-state index in [1.165, 1.54) is 12.8 Å². The zero-order valence-corrected chi connectivity index (χ0v) is 10.5. The Morgan fingerprint density at radius 2 is 2.27 bits per heavy atom. The van der Waals surface area contributed by atoms with Crippen LogP contribution in [0.2, 0.25) is 0 Å². The van der Waals surface area contributed by atoms with Crippen molar-refractivity contribution in [1.29, 1.82) is 0 Å². The van der Waals surface area contributed by atoms with Crippen LogP contribution in [0.3, 0.4) is 0 Å². The summed E-state index contributed by atoms with van der Waals surface area (Å²) in [6.07, 6.45) is 4.28. The molecule has 1 aliphatic carbocycles. The van der Waals surface area contributed by atoms with Crippen LogP contribution in [0.25, 0.3) is 0 Å². The molecule has 0 aromatic carbocycles. The van der Waals surface area contributed by atoms with Crippen molar-refractivity contribution >= 4 is 17.7 Å². The molecule has 1 fully saturated rings. The van der Waals surface area contributed by atoms with E-state index in [2.05, 4.69) is 12.2 Å². The summed E-state index contributed by atoms with van der Waals surface area (Å²) in [5.74, 6) is 2.05. The number of nitrogens with two attached hydrogens (primary N) is 1. The van der Waals surface area contributed by atoms with Crippen molar-refractivity contribution in [2.45, 2.75) is 51.1 Å². The first-order chi connectivity index (χ1) is 7.08. The second-order valence-corrected chi connectivity index (χ2v) is 5.81. The SMILES string of the molecule is CCSCCCC(C)(NC1CC1)C(N)=O. The van der Waals surface area contributed by atoms with Crippen molar-refractivity contribution in [2.75, 3.05) is 11.5 Å². The van der Waals surface area contributed by atoms with E-state index < -0.39 is 5.54 Å². The van der Waals surface area contributed by atoms with Crippen LogP contribution in [0.1, 0.15) is 39.5 Å². The van der Waals surface area contributed by atoms with Gasteiger partial charge in [-0.1, -0.05) is 6.92 Å². The van der Waals surface area contributed by atoms with E-state index in [1.54, 1.807) is 0 Å². The van der Waals surface area contributed by atoms with Gasteiger partial charge in [0.2, 0.25) is 5.91 Å². The van der Waals surface area contributed by atoms with Gasteiger partial charge in [-0.25, -0.2) is 0 Å². The van der Waals surface area contributed by atoms with Gasteiger partial charge in [-0.3, -0.25) is 4.79 Å². The van der Waals surface area contributed by atoms with Crippen LogP contribution >= 0.6 is 11.8 Å². The number of rotatable bonds is 8. The summed E-state index contributed by atoms with van der Waals surface area (Å²) in [6, 6.07) is 0.529. The molecule has 0 aliphatic heterocycles. The Bertz CT molecular complexity index is 219. The largest absolute Gasteiger partial charge is 0.368 e. The molecule has 1 unspecified atom stereocenters. The number of nitrogens with one attached hydrogen (secondary N) is 1. The van der Waals surface area contributed by atoms with Gasteiger partial charge in [-0.05, 0) is 44.1 Å².